The molecule has 3 rings (SSSR count). The zero-order valence-corrected chi connectivity index (χ0v) is 13.1. The van der Waals surface area contributed by atoms with Gasteiger partial charge in [0.1, 0.15) is 0 Å². The van der Waals surface area contributed by atoms with Gasteiger partial charge in [0.25, 0.3) is 0 Å². The van der Waals surface area contributed by atoms with E-state index in [0.717, 1.165) is 32.0 Å². The fourth-order valence-electron chi connectivity index (χ4n) is 4.31. The van der Waals surface area contributed by atoms with Crippen molar-refractivity contribution in [3.63, 3.8) is 0 Å². The maximum Gasteiger partial charge on any atom is 0.0666 e. The van der Waals surface area contributed by atoms with Crippen LogP contribution in [0.3, 0.4) is 0 Å². The number of aliphatic hydroxyl groups excluding tert-OH is 1. The second-order valence-corrected chi connectivity index (χ2v) is 7.10. The van der Waals surface area contributed by atoms with Gasteiger partial charge in [-0.2, -0.15) is 0 Å². The highest BCUT2D eigenvalue weighted by Crippen LogP contribution is 2.44. The van der Waals surface area contributed by atoms with E-state index in [9.17, 15) is 5.11 Å². The monoisotopic (exact) mass is 288 g/mol. The third kappa shape index (κ3) is 3.02. The summed E-state index contributed by atoms with van der Waals surface area (Å²) >= 11 is 0. The Morgan fingerprint density at radius 2 is 1.67 bits per heavy atom. The Hall–Kier alpha value is -0.860. The molecule has 1 aliphatic carbocycles. The van der Waals surface area contributed by atoms with Crippen molar-refractivity contribution >= 4 is 0 Å². The maximum absolute atomic E-state index is 11.2. The Morgan fingerprint density at radius 3 is 2.29 bits per heavy atom. The van der Waals surface area contributed by atoms with Crippen LogP contribution in [0.2, 0.25) is 0 Å². The second-order valence-electron chi connectivity index (χ2n) is 7.10. The van der Waals surface area contributed by atoms with Gasteiger partial charge in [0.15, 0.2) is 0 Å². The highest BCUT2D eigenvalue weighted by Gasteiger charge is 2.44. The first-order valence-electron chi connectivity index (χ1n) is 8.54. The van der Waals surface area contributed by atoms with E-state index in [1.165, 1.54) is 31.2 Å². The normalized spacial score (nSPS) is 30.8. The molecule has 1 saturated heterocycles. The fourth-order valence-corrected chi connectivity index (χ4v) is 4.31. The van der Waals surface area contributed by atoms with Crippen LogP contribution in [0.15, 0.2) is 30.3 Å². The third-order valence-electron chi connectivity index (χ3n) is 5.81. The van der Waals surface area contributed by atoms with E-state index >= 15 is 0 Å². The topological polar surface area (TPSA) is 29.5 Å². The number of ether oxygens (including phenoxy) is 1. The Labute approximate surface area is 128 Å². The zero-order valence-electron chi connectivity index (χ0n) is 13.1. The van der Waals surface area contributed by atoms with Crippen molar-refractivity contribution in [3.05, 3.63) is 35.9 Å². The SMILES string of the molecule is CC1CCC(C(O)C2(c3ccccc3)CCOCC2)CC1. The molecule has 0 bridgehead atoms. The minimum absolute atomic E-state index is 0.0925. The molecular formula is C19H28O2. The van der Waals surface area contributed by atoms with Gasteiger partial charge in [-0.05, 0) is 43.1 Å². The van der Waals surface area contributed by atoms with Gasteiger partial charge in [-0.3, -0.25) is 0 Å². The summed E-state index contributed by atoms with van der Waals surface area (Å²) in [5, 5.41) is 11.2. The van der Waals surface area contributed by atoms with Crippen molar-refractivity contribution in [2.75, 3.05) is 13.2 Å². The number of benzene rings is 1. The van der Waals surface area contributed by atoms with Crippen LogP contribution in [0.5, 0.6) is 0 Å². The molecule has 116 valence electrons. The third-order valence-corrected chi connectivity index (χ3v) is 5.81. The predicted octanol–water partition coefficient (Wildman–Crippen LogP) is 3.92. The number of aliphatic hydroxyl groups is 1. The summed E-state index contributed by atoms with van der Waals surface area (Å²) in [7, 11) is 0. The van der Waals surface area contributed by atoms with E-state index in [-0.39, 0.29) is 11.5 Å². The van der Waals surface area contributed by atoms with Crippen LogP contribution in [0.25, 0.3) is 0 Å². The van der Waals surface area contributed by atoms with Crippen LogP contribution in [0, 0.1) is 11.8 Å². The van der Waals surface area contributed by atoms with Crippen molar-refractivity contribution in [2.45, 2.75) is 57.0 Å². The van der Waals surface area contributed by atoms with Crippen LogP contribution in [0.4, 0.5) is 0 Å². The van der Waals surface area contributed by atoms with Crippen molar-refractivity contribution in [3.8, 4) is 0 Å². The van der Waals surface area contributed by atoms with Crippen LogP contribution >= 0.6 is 0 Å². The van der Waals surface area contributed by atoms with Crippen molar-refractivity contribution in [1.29, 1.82) is 0 Å². The second kappa shape index (κ2) is 6.50. The lowest BCUT2D eigenvalue weighted by molar-refractivity contribution is -0.0499. The molecule has 0 spiro atoms. The molecule has 2 fully saturated rings. The Bertz CT molecular complexity index is 428. The molecule has 1 aromatic carbocycles. The molecule has 0 aromatic heterocycles. The molecule has 0 amide bonds. The summed E-state index contributed by atoms with van der Waals surface area (Å²) in [5.74, 6) is 1.29. The summed E-state index contributed by atoms with van der Waals surface area (Å²) in [6.07, 6.45) is 6.56. The quantitative estimate of drug-likeness (QED) is 0.913. The Morgan fingerprint density at radius 1 is 1.05 bits per heavy atom. The Kier molecular flexibility index (Phi) is 4.66. The molecule has 21 heavy (non-hydrogen) atoms. The van der Waals surface area contributed by atoms with Crippen molar-refractivity contribution < 1.29 is 9.84 Å². The molecule has 2 nitrogen and oxygen atoms in total. The van der Waals surface area contributed by atoms with Crippen LogP contribution < -0.4 is 0 Å². The molecule has 2 aliphatic rings. The van der Waals surface area contributed by atoms with E-state index < -0.39 is 0 Å². The van der Waals surface area contributed by atoms with E-state index in [0.29, 0.717) is 5.92 Å². The van der Waals surface area contributed by atoms with Gasteiger partial charge in [-0.25, -0.2) is 0 Å². The highest BCUT2D eigenvalue weighted by atomic mass is 16.5. The molecule has 2 heteroatoms. The van der Waals surface area contributed by atoms with E-state index in [1.807, 2.05) is 0 Å². The largest absolute Gasteiger partial charge is 0.392 e. The molecule has 1 aliphatic heterocycles. The minimum Gasteiger partial charge on any atom is -0.392 e. The summed E-state index contributed by atoms with van der Waals surface area (Å²) in [6.45, 7) is 3.88. The fraction of sp³-hybridized carbons (Fsp3) is 0.684. The first-order chi connectivity index (χ1) is 10.2. The number of rotatable bonds is 3. The molecule has 1 aromatic rings. The highest BCUT2D eigenvalue weighted by molar-refractivity contribution is 5.28. The lowest BCUT2D eigenvalue weighted by atomic mass is 9.64. The first kappa shape index (κ1) is 15.1. The van der Waals surface area contributed by atoms with Gasteiger partial charge in [-0.1, -0.05) is 50.1 Å². The van der Waals surface area contributed by atoms with Crippen LogP contribution in [-0.2, 0) is 10.2 Å². The van der Waals surface area contributed by atoms with E-state index in [4.69, 9.17) is 4.74 Å². The lowest BCUT2D eigenvalue weighted by Gasteiger charge is -2.46. The van der Waals surface area contributed by atoms with Crippen LogP contribution in [-0.4, -0.2) is 24.4 Å². The average Bonchev–Trinajstić information content (AvgIpc) is 2.56. The summed E-state index contributed by atoms with van der Waals surface area (Å²) in [4.78, 5) is 0. The molecule has 1 unspecified atom stereocenters. The minimum atomic E-state index is -0.226. The molecular weight excluding hydrogens is 260 g/mol. The van der Waals surface area contributed by atoms with Gasteiger partial charge in [0, 0.05) is 18.6 Å². The van der Waals surface area contributed by atoms with Crippen molar-refractivity contribution in [2.24, 2.45) is 11.8 Å². The van der Waals surface area contributed by atoms with Gasteiger partial charge < -0.3 is 9.84 Å². The van der Waals surface area contributed by atoms with Gasteiger partial charge in [0.05, 0.1) is 6.10 Å². The molecule has 1 atom stereocenters. The van der Waals surface area contributed by atoms with Crippen LogP contribution in [0.1, 0.15) is 51.0 Å². The number of hydrogen-bond donors (Lipinski definition) is 1. The molecule has 1 heterocycles. The maximum atomic E-state index is 11.2. The smallest absolute Gasteiger partial charge is 0.0666 e. The predicted molar refractivity (Wildman–Crippen MR) is 85.3 cm³/mol. The van der Waals surface area contributed by atoms with E-state index in [2.05, 4.69) is 37.3 Å². The lowest BCUT2D eigenvalue weighted by Crippen LogP contribution is -2.48. The van der Waals surface area contributed by atoms with Gasteiger partial charge >= 0.3 is 0 Å². The number of hydrogen-bond acceptors (Lipinski definition) is 2. The summed E-state index contributed by atoms with van der Waals surface area (Å²) < 4.78 is 5.59. The first-order valence-corrected chi connectivity index (χ1v) is 8.54. The standard InChI is InChI=1S/C19H28O2/c1-15-7-9-16(10-8-15)18(20)19(11-13-21-14-12-19)17-5-3-2-4-6-17/h2-6,15-16,18,20H,7-14H2,1H3. The Balaban J connectivity index is 1.85. The van der Waals surface area contributed by atoms with Crippen molar-refractivity contribution in [1.82, 2.24) is 0 Å². The average molecular weight is 288 g/mol. The van der Waals surface area contributed by atoms with Gasteiger partial charge in [0.2, 0.25) is 0 Å². The molecule has 1 N–H and O–H groups in total. The summed E-state index contributed by atoms with van der Waals surface area (Å²) in [6, 6.07) is 10.6. The van der Waals surface area contributed by atoms with Gasteiger partial charge in [-0.15, -0.1) is 0 Å². The summed E-state index contributed by atoms with van der Waals surface area (Å²) in [5.41, 5.74) is 1.21. The zero-order chi connectivity index (χ0) is 14.7. The molecule has 1 saturated carbocycles. The molecule has 0 radical (unpaired) electrons. The van der Waals surface area contributed by atoms with E-state index in [1.54, 1.807) is 0 Å².